The van der Waals surface area contributed by atoms with E-state index in [-0.39, 0.29) is 35.0 Å². The molecular weight excluding hydrogens is 502 g/mol. The number of aryl methyl sites for hydroxylation is 2. The van der Waals surface area contributed by atoms with Gasteiger partial charge in [-0.25, -0.2) is 21.6 Å². The van der Waals surface area contributed by atoms with Gasteiger partial charge in [-0.05, 0) is 50.1 Å². The monoisotopic (exact) mass is 531 g/mol. The van der Waals surface area contributed by atoms with E-state index in [1.54, 1.807) is 31.2 Å². The minimum absolute atomic E-state index is 0.0613. The molecule has 3 aromatic carbocycles. The fraction of sp³-hybridized carbons (Fsp3) is 0.280. The third kappa shape index (κ3) is 6.76. The predicted octanol–water partition coefficient (Wildman–Crippen LogP) is 3.81. The first-order valence-corrected chi connectivity index (χ1v) is 14.2. The summed E-state index contributed by atoms with van der Waals surface area (Å²) in [5, 5.41) is 11.0. The van der Waals surface area contributed by atoms with Crippen molar-refractivity contribution < 1.29 is 21.8 Å². The summed E-state index contributed by atoms with van der Waals surface area (Å²) in [4.78, 5) is 10.7. The number of hydrogen-bond acceptors (Lipinski definition) is 6. The quantitative estimate of drug-likeness (QED) is 0.296. The molecule has 9 nitrogen and oxygen atoms in total. The van der Waals surface area contributed by atoms with Gasteiger partial charge in [0.05, 0.1) is 14.7 Å². The minimum Gasteiger partial charge on any atom is -0.258 e. The number of hydrogen-bond donors (Lipinski definition) is 1. The van der Waals surface area contributed by atoms with Crippen LogP contribution in [0.4, 0.5) is 5.69 Å². The second kappa shape index (κ2) is 11.3. The van der Waals surface area contributed by atoms with E-state index in [1.807, 2.05) is 13.8 Å². The molecule has 0 aliphatic rings. The highest BCUT2D eigenvalue weighted by molar-refractivity contribution is 7.89. The number of nitrogens with one attached hydrogen (secondary N) is 1. The van der Waals surface area contributed by atoms with Crippen molar-refractivity contribution in [2.45, 2.75) is 43.0 Å². The smallest absolute Gasteiger partial charge is 0.258 e. The van der Waals surface area contributed by atoms with Gasteiger partial charge >= 0.3 is 0 Å². The van der Waals surface area contributed by atoms with Gasteiger partial charge in [-0.3, -0.25) is 10.1 Å². The number of nitrogens with zero attached hydrogens (tertiary/aromatic N) is 2. The molecule has 0 bridgehead atoms. The maximum Gasteiger partial charge on any atom is 0.269 e. The van der Waals surface area contributed by atoms with Gasteiger partial charge in [0.15, 0.2) is 0 Å². The normalized spacial score (nSPS) is 13.0. The topological polar surface area (TPSA) is 127 Å². The molecule has 0 aliphatic heterocycles. The molecule has 11 heteroatoms. The van der Waals surface area contributed by atoms with Crippen LogP contribution in [0.25, 0.3) is 0 Å². The molecule has 0 saturated heterocycles. The summed E-state index contributed by atoms with van der Waals surface area (Å²) < 4.78 is 56.8. The van der Waals surface area contributed by atoms with Crippen LogP contribution in [0.5, 0.6) is 0 Å². The van der Waals surface area contributed by atoms with Crippen molar-refractivity contribution in [2.75, 3.05) is 13.1 Å². The van der Waals surface area contributed by atoms with Gasteiger partial charge in [0.1, 0.15) is 0 Å². The van der Waals surface area contributed by atoms with Crippen LogP contribution < -0.4 is 4.72 Å². The molecule has 192 valence electrons. The maximum atomic E-state index is 13.3. The zero-order chi connectivity index (χ0) is 26.5. The molecule has 0 amide bonds. The van der Waals surface area contributed by atoms with Crippen LogP contribution in [0.3, 0.4) is 0 Å². The summed E-state index contributed by atoms with van der Waals surface area (Å²) in [6.07, 6.45) is 0.128. The Labute approximate surface area is 212 Å². The number of likely N-dealkylation sites (N-methyl/N-ethyl adjacent to an activating group) is 1. The molecule has 3 aromatic rings. The van der Waals surface area contributed by atoms with Gasteiger partial charge in [-0.1, -0.05) is 54.4 Å². The number of sulfonamides is 2. The van der Waals surface area contributed by atoms with Crippen LogP contribution in [0.2, 0.25) is 0 Å². The molecule has 1 atom stereocenters. The third-order valence-corrected chi connectivity index (χ3v) is 9.21. The SMILES string of the molecule is CCN(CC(Cc1ccc([N+](=O)[O-])cc1)NS(=O)(=O)c1ccc(C)cc1)S(=O)(=O)c1ccc(C)cc1. The van der Waals surface area contributed by atoms with E-state index < -0.39 is 31.0 Å². The van der Waals surface area contributed by atoms with Crippen molar-refractivity contribution in [3.8, 4) is 0 Å². The van der Waals surface area contributed by atoms with Crippen molar-refractivity contribution in [3.05, 3.63) is 99.6 Å². The summed E-state index contributed by atoms with van der Waals surface area (Å²) in [5.74, 6) is 0. The molecule has 1 N–H and O–H groups in total. The standard InChI is InChI=1S/C25H29N3O6S2/c1-4-27(36(33,34)25-15-7-20(3)8-16-25)18-22(17-21-9-11-23(12-10-21)28(29)30)26-35(31,32)24-13-5-19(2)6-14-24/h5-16,22,26H,4,17-18H2,1-3H3. The second-order valence-corrected chi connectivity index (χ2v) is 12.2. The zero-order valence-corrected chi connectivity index (χ0v) is 21.9. The Hall–Kier alpha value is -3.12. The Balaban J connectivity index is 1.93. The second-order valence-electron chi connectivity index (χ2n) is 8.53. The van der Waals surface area contributed by atoms with Crippen LogP contribution in [0, 0.1) is 24.0 Å². The van der Waals surface area contributed by atoms with Crippen LogP contribution in [0.1, 0.15) is 23.6 Å². The Morgan fingerprint density at radius 3 is 1.81 bits per heavy atom. The lowest BCUT2D eigenvalue weighted by Crippen LogP contribution is -2.46. The average molecular weight is 532 g/mol. The summed E-state index contributed by atoms with van der Waals surface area (Å²) in [7, 11) is -7.86. The van der Waals surface area contributed by atoms with Crippen molar-refractivity contribution in [1.29, 1.82) is 0 Å². The zero-order valence-electron chi connectivity index (χ0n) is 20.3. The highest BCUT2D eigenvalue weighted by Crippen LogP contribution is 2.20. The molecular formula is C25H29N3O6S2. The fourth-order valence-electron chi connectivity index (χ4n) is 3.69. The third-order valence-electron chi connectivity index (χ3n) is 5.72. The Morgan fingerprint density at radius 2 is 1.33 bits per heavy atom. The molecule has 0 heterocycles. The number of nitro groups is 1. The van der Waals surface area contributed by atoms with E-state index in [4.69, 9.17) is 0 Å². The van der Waals surface area contributed by atoms with Crippen LogP contribution >= 0.6 is 0 Å². The molecule has 1 unspecified atom stereocenters. The molecule has 0 fully saturated rings. The first-order valence-electron chi connectivity index (χ1n) is 11.3. The molecule has 0 spiro atoms. The number of rotatable bonds is 11. The van der Waals surface area contributed by atoms with Gasteiger partial charge in [-0.2, -0.15) is 4.31 Å². The summed E-state index contributed by atoms with van der Waals surface area (Å²) in [6.45, 7) is 5.38. The van der Waals surface area contributed by atoms with E-state index in [1.165, 1.54) is 52.8 Å². The predicted molar refractivity (Wildman–Crippen MR) is 138 cm³/mol. The molecule has 0 aliphatic carbocycles. The Morgan fingerprint density at radius 1 is 0.833 bits per heavy atom. The van der Waals surface area contributed by atoms with Crippen molar-refractivity contribution >= 4 is 25.7 Å². The number of benzene rings is 3. The largest absolute Gasteiger partial charge is 0.269 e. The van der Waals surface area contributed by atoms with Gasteiger partial charge in [0.25, 0.3) is 5.69 Å². The number of non-ortho nitro benzene ring substituents is 1. The van der Waals surface area contributed by atoms with Crippen LogP contribution in [0.15, 0.2) is 82.6 Å². The summed E-state index contributed by atoms with van der Waals surface area (Å²) >= 11 is 0. The number of nitro benzene ring substituents is 1. The van der Waals surface area contributed by atoms with Gasteiger partial charge < -0.3 is 0 Å². The van der Waals surface area contributed by atoms with Gasteiger partial charge in [-0.15, -0.1) is 0 Å². The first kappa shape index (κ1) is 27.5. The summed E-state index contributed by atoms with van der Waals surface area (Å²) in [5.41, 5.74) is 2.35. The lowest BCUT2D eigenvalue weighted by atomic mass is 10.1. The Bertz CT molecular complexity index is 1400. The van der Waals surface area contributed by atoms with Crippen molar-refractivity contribution in [3.63, 3.8) is 0 Å². The molecule has 0 radical (unpaired) electrons. The Kier molecular flexibility index (Phi) is 8.62. The van der Waals surface area contributed by atoms with E-state index in [9.17, 15) is 26.9 Å². The highest BCUT2D eigenvalue weighted by Gasteiger charge is 2.29. The van der Waals surface area contributed by atoms with Crippen LogP contribution in [-0.2, 0) is 26.5 Å². The summed E-state index contributed by atoms with van der Waals surface area (Å²) in [6, 6.07) is 17.7. The minimum atomic E-state index is -3.97. The van der Waals surface area contributed by atoms with Gasteiger partial charge in [0.2, 0.25) is 20.0 Å². The lowest BCUT2D eigenvalue weighted by Gasteiger charge is -2.27. The molecule has 36 heavy (non-hydrogen) atoms. The van der Waals surface area contributed by atoms with Crippen molar-refractivity contribution in [2.24, 2.45) is 0 Å². The molecule has 0 aromatic heterocycles. The maximum absolute atomic E-state index is 13.3. The first-order chi connectivity index (χ1) is 16.9. The lowest BCUT2D eigenvalue weighted by molar-refractivity contribution is -0.384. The highest BCUT2D eigenvalue weighted by atomic mass is 32.2. The van der Waals surface area contributed by atoms with Crippen LogP contribution in [-0.4, -0.2) is 45.2 Å². The fourth-order valence-corrected chi connectivity index (χ4v) is 6.41. The van der Waals surface area contributed by atoms with E-state index in [0.717, 1.165) is 11.1 Å². The molecule has 0 saturated carbocycles. The van der Waals surface area contributed by atoms with E-state index in [2.05, 4.69) is 4.72 Å². The van der Waals surface area contributed by atoms with E-state index in [0.29, 0.717) is 5.56 Å². The molecule has 3 rings (SSSR count). The van der Waals surface area contributed by atoms with Gasteiger partial charge in [0, 0.05) is 31.3 Å². The van der Waals surface area contributed by atoms with E-state index >= 15 is 0 Å². The van der Waals surface area contributed by atoms with Crippen molar-refractivity contribution in [1.82, 2.24) is 9.03 Å². The average Bonchev–Trinajstić information content (AvgIpc) is 2.83.